The molecule has 0 aliphatic rings. The highest BCUT2D eigenvalue weighted by Crippen LogP contribution is 2.14. The topological polar surface area (TPSA) is 46.3 Å². The summed E-state index contributed by atoms with van der Waals surface area (Å²) in [5.41, 5.74) is 6.27. The van der Waals surface area contributed by atoms with Crippen molar-refractivity contribution in [3.8, 4) is 0 Å². The van der Waals surface area contributed by atoms with Crippen molar-refractivity contribution in [2.75, 3.05) is 12.8 Å². The first-order valence-corrected chi connectivity index (χ1v) is 5.63. The Kier molecular flexibility index (Phi) is 3.66. The first-order chi connectivity index (χ1) is 6.52. The average molecular weight is 212 g/mol. The number of hydrogen-bond acceptors (Lipinski definition) is 2. The van der Waals surface area contributed by atoms with Gasteiger partial charge in [0.1, 0.15) is 11.0 Å². The minimum Gasteiger partial charge on any atom is -0.399 e. The predicted octanol–water partition coefficient (Wildman–Crippen LogP) is 1.63. The third kappa shape index (κ3) is 2.56. The lowest BCUT2D eigenvalue weighted by atomic mass is 10.3. The van der Waals surface area contributed by atoms with Crippen LogP contribution in [0, 0.1) is 0 Å². The number of nitrogens with zero attached hydrogens (tertiary/aromatic N) is 1. The van der Waals surface area contributed by atoms with Crippen molar-refractivity contribution in [3.05, 3.63) is 24.3 Å². The van der Waals surface area contributed by atoms with Gasteiger partial charge in [-0.25, -0.2) is 8.51 Å². The van der Waals surface area contributed by atoms with Crippen molar-refractivity contribution in [3.63, 3.8) is 0 Å². The zero-order valence-electron chi connectivity index (χ0n) is 8.73. The van der Waals surface area contributed by atoms with Gasteiger partial charge in [-0.15, -0.1) is 0 Å². The molecule has 1 aromatic carbocycles. The lowest BCUT2D eigenvalue weighted by Crippen LogP contribution is -2.28. The van der Waals surface area contributed by atoms with Crippen molar-refractivity contribution in [2.45, 2.75) is 24.8 Å². The number of hydrogen-bond donors (Lipinski definition) is 1. The highest BCUT2D eigenvalue weighted by Gasteiger charge is 2.13. The molecule has 0 bridgehead atoms. The number of anilines is 1. The average Bonchev–Trinajstić information content (AvgIpc) is 2.15. The normalized spacial score (nSPS) is 13.5. The zero-order chi connectivity index (χ0) is 10.7. The Balaban J connectivity index is 2.89. The summed E-state index contributed by atoms with van der Waals surface area (Å²) in [5, 5.41) is 0. The van der Waals surface area contributed by atoms with Gasteiger partial charge in [0.2, 0.25) is 0 Å². The van der Waals surface area contributed by atoms with Crippen LogP contribution in [-0.2, 0) is 11.0 Å². The molecule has 2 N–H and O–H groups in total. The molecule has 1 atom stereocenters. The molecule has 0 amide bonds. The summed E-state index contributed by atoms with van der Waals surface area (Å²) < 4.78 is 13.7. The van der Waals surface area contributed by atoms with Crippen LogP contribution in [0.15, 0.2) is 29.2 Å². The van der Waals surface area contributed by atoms with E-state index in [9.17, 15) is 4.21 Å². The fourth-order valence-corrected chi connectivity index (χ4v) is 2.13. The van der Waals surface area contributed by atoms with Gasteiger partial charge in [0.15, 0.2) is 0 Å². The van der Waals surface area contributed by atoms with Gasteiger partial charge in [-0.05, 0) is 32.0 Å². The zero-order valence-corrected chi connectivity index (χ0v) is 9.54. The number of nitrogens with two attached hydrogens (primary N) is 1. The van der Waals surface area contributed by atoms with Gasteiger partial charge in [-0.3, -0.25) is 0 Å². The van der Waals surface area contributed by atoms with E-state index in [1.54, 1.807) is 16.4 Å². The highest BCUT2D eigenvalue weighted by molar-refractivity contribution is 7.82. The molecule has 1 unspecified atom stereocenters. The lowest BCUT2D eigenvalue weighted by Gasteiger charge is -2.19. The van der Waals surface area contributed by atoms with Gasteiger partial charge < -0.3 is 5.73 Å². The maximum atomic E-state index is 11.9. The summed E-state index contributed by atoms with van der Waals surface area (Å²) in [6.07, 6.45) is 0. The standard InChI is InChI=1S/C10H16N2OS/c1-8(2)12(3)14(13)10-6-4-5-9(11)7-10/h4-8H,11H2,1-3H3. The molecule has 0 fully saturated rings. The van der Waals surface area contributed by atoms with E-state index in [0.29, 0.717) is 5.69 Å². The molecule has 0 saturated carbocycles. The van der Waals surface area contributed by atoms with E-state index in [4.69, 9.17) is 5.73 Å². The van der Waals surface area contributed by atoms with E-state index < -0.39 is 11.0 Å². The van der Waals surface area contributed by atoms with Crippen LogP contribution in [0.4, 0.5) is 5.69 Å². The predicted molar refractivity (Wildman–Crippen MR) is 60.2 cm³/mol. The second kappa shape index (κ2) is 4.57. The molecule has 1 aromatic rings. The van der Waals surface area contributed by atoms with Crippen LogP contribution < -0.4 is 5.73 Å². The Morgan fingerprint density at radius 3 is 2.57 bits per heavy atom. The molecule has 0 spiro atoms. The van der Waals surface area contributed by atoms with Crippen LogP contribution in [0.1, 0.15) is 13.8 Å². The lowest BCUT2D eigenvalue weighted by molar-refractivity contribution is 0.443. The molecule has 0 aromatic heterocycles. The number of nitrogen functional groups attached to an aromatic ring is 1. The summed E-state index contributed by atoms with van der Waals surface area (Å²) >= 11 is 0. The van der Waals surface area contributed by atoms with Crippen LogP contribution >= 0.6 is 0 Å². The van der Waals surface area contributed by atoms with E-state index in [-0.39, 0.29) is 6.04 Å². The molecule has 0 aliphatic heterocycles. The minimum atomic E-state index is -1.12. The smallest absolute Gasteiger partial charge is 0.127 e. The summed E-state index contributed by atoms with van der Waals surface area (Å²) in [5.74, 6) is 0. The molecule has 4 heteroatoms. The first-order valence-electron chi connectivity index (χ1n) is 4.52. The van der Waals surface area contributed by atoms with E-state index in [2.05, 4.69) is 0 Å². The van der Waals surface area contributed by atoms with Crippen LogP contribution in [0.25, 0.3) is 0 Å². The maximum absolute atomic E-state index is 11.9. The van der Waals surface area contributed by atoms with E-state index in [0.717, 1.165) is 4.90 Å². The summed E-state index contributed by atoms with van der Waals surface area (Å²) in [6, 6.07) is 7.42. The van der Waals surface area contributed by atoms with Crippen LogP contribution in [0.5, 0.6) is 0 Å². The molecular formula is C10H16N2OS. The Bertz CT molecular complexity index is 339. The molecule has 78 valence electrons. The van der Waals surface area contributed by atoms with E-state index in [1.807, 2.05) is 33.0 Å². The van der Waals surface area contributed by atoms with Crippen molar-refractivity contribution >= 4 is 16.7 Å². The Morgan fingerprint density at radius 2 is 2.07 bits per heavy atom. The minimum absolute atomic E-state index is 0.247. The van der Waals surface area contributed by atoms with Gasteiger partial charge in [-0.1, -0.05) is 6.07 Å². The highest BCUT2D eigenvalue weighted by atomic mass is 32.2. The van der Waals surface area contributed by atoms with Crippen molar-refractivity contribution in [2.24, 2.45) is 0 Å². The Labute approximate surface area is 87.5 Å². The Hall–Kier alpha value is -0.870. The van der Waals surface area contributed by atoms with Crippen molar-refractivity contribution in [1.82, 2.24) is 4.31 Å². The summed E-state index contributed by atoms with van der Waals surface area (Å²) in [7, 11) is 0.722. The molecule has 3 nitrogen and oxygen atoms in total. The van der Waals surface area contributed by atoms with E-state index in [1.165, 1.54) is 0 Å². The van der Waals surface area contributed by atoms with Crippen molar-refractivity contribution in [1.29, 1.82) is 0 Å². The van der Waals surface area contributed by atoms with Gasteiger partial charge in [0.05, 0.1) is 4.90 Å². The van der Waals surface area contributed by atoms with Gasteiger partial charge >= 0.3 is 0 Å². The molecule has 0 heterocycles. The van der Waals surface area contributed by atoms with Crippen LogP contribution in [-0.4, -0.2) is 21.6 Å². The van der Waals surface area contributed by atoms with Crippen LogP contribution in [0.2, 0.25) is 0 Å². The second-order valence-corrected chi connectivity index (χ2v) is 5.01. The number of benzene rings is 1. The Morgan fingerprint density at radius 1 is 1.43 bits per heavy atom. The molecule has 14 heavy (non-hydrogen) atoms. The van der Waals surface area contributed by atoms with Gasteiger partial charge in [-0.2, -0.15) is 0 Å². The van der Waals surface area contributed by atoms with Crippen LogP contribution in [0.3, 0.4) is 0 Å². The first kappa shape index (κ1) is 11.2. The van der Waals surface area contributed by atoms with Crippen molar-refractivity contribution < 1.29 is 4.21 Å². The van der Waals surface area contributed by atoms with E-state index >= 15 is 0 Å². The third-order valence-electron chi connectivity index (χ3n) is 2.05. The molecular weight excluding hydrogens is 196 g/mol. The van der Waals surface area contributed by atoms with Gasteiger partial charge in [0, 0.05) is 18.8 Å². The molecule has 0 radical (unpaired) electrons. The summed E-state index contributed by atoms with van der Waals surface area (Å²) in [6.45, 7) is 4.01. The SMILES string of the molecule is CC(C)N(C)S(=O)c1cccc(N)c1. The molecule has 0 saturated heterocycles. The third-order valence-corrected chi connectivity index (χ3v) is 3.65. The maximum Gasteiger partial charge on any atom is 0.127 e. The largest absolute Gasteiger partial charge is 0.399 e. The molecule has 1 rings (SSSR count). The molecule has 0 aliphatic carbocycles. The fraction of sp³-hybridized carbons (Fsp3) is 0.400. The number of rotatable bonds is 3. The van der Waals surface area contributed by atoms with Gasteiger partial charge in [0.25, 0.3) is 0 Å². The quantitative estimate of drug-likeness (QED) is 0.774. The second-order valence-electron chi connectivity index (χ2n) is 3.46. The summed E-state index contributed by atoms with van der Waals surface area (Å²) in [4.78, 5) is 0.751. The monoisotopic (exact) mass is 212 g/mol. The fourth-order valence-electron chi connectivity index (χ4n) is 0.981.